The topological polar surface area (TPSA) is 52.6 Å². The molecular weight excluding hydrogens is 409 g/mol. The molecule has 1 aliphatic rings. The third-order valence-corrected chi connectivity index (χ3v) is 5.00. The van der Waals surface area contributed by atoms with Crippen molar-refractivity contribution in [2.45, 2.75) is 45.2 Å². The molecule has 0 atom stereocenters. The molecule has 0 spiro atoms. The lowest BCUT2D eigenvalue weighted by molar-refractivity contribution is 0.329. The van der Waals surface area contributed by atoms with Gasteiger partial charge in [0.25, 0.3) is 0 Å². The Morgan fingerprint density at radius 2 is 2.05 bits per heavy atom. The van der Waals surface area contributed by atoms with Gasteiger partial charge in [-0.25, -0.2) is 4.98 Å². The molecule has 1 heterocycles. The van der Waals surface area contributed by atoms with Crippen molar-refractivity contribution in [3.05, 3.63) is 11.1 Å². The van der Waals surface area contributed by atoms with Gasteiger partial charge >= 0.3 is 0 Å². The van der Waals surface area contributed by atoms with Crippen LogP contribution >= 0.6 is 35.3 Å². The minimum Gasteiger partial charge on any atom is -0.354 e. The molecule has 1 aliphatic carbocycles. The van der Waals surface area contributed by atoms with E-state index in [-0.39, 0.29) is 24.0 Å². The van der Waals surface area contributed by atoms with E-state index >= 15 is 0 Å². The number of guanidine groups is 1. The minimum absolute atomic E-state index is 0. The third-order valence-electron chi connectivity index (χ3n) is 3.94. The van der Waals surface area contributed by atoms with Crippen LogP contribution in [0, 0.1) is 5.92 Å². The van der Waals surface area contributed by atoms with Crippen LogP contribution in [-0.4, -0.2) is 38.1 Å². The van der Waals surface area contributed by atoms with Gasteiger partial charge in [0.1, 0.15) is 0 Å². The fourth-order valence-corrected chi connectivity index (χ4v) is 3.31. The maximum absolute atomic E-state index is 4.57. The highest BCUT2D eigenvalue weighted by molar-refractivity contribution is 14.0. The first-order valence-corrected chi connectivity index (χ1v) is 8.55. The number of thiazole rings is 1. The number of aromatic nitrogens is 1. The smallest absolute Gasteiger partial charge is 0.191 e. The summed E-state index contributed by atoms with van der Waals surface area (Å²) in [7, 11) is 5.86. The van der Waals surface area contributed by atoms with Crippen molar-refractivity contribution >= 4 is 46.4 Å². The number of rotatable bonds is 4. The van der Waals surface area contributed by atoms with Gasteiger partial charge < -0.3 is 15.5 Å². The monoisotopic (exact) mass is 437 g/mol. The lowest BCUT2D eigenvalue weighted by Gasteiger charge is -2.28. The maximum atomic E-state index is 4.57. The summed E-state index contributed by atoms with van der Waals surface area (Å²) >= 11 is 1.67. The average molecular weight is 437 g/mol. The van der Waals surface area contributed by atoms with Crippen molar-refractivity contribution in [3.63, 3.8) is 0 Å². The van der Waals surface area contributed by atoms with Gasteiger partial charge in [-0.1, -0.05) is 6.92 Å². The second-order valence-electron chi connectivity index (χ2n) is 6.04. The molecule has 7 heteroatoms. The maximum Gasteiger partial charge on any atom is 0.191 e. The van der Waals surface area contributed by atoms with E-state index in [1.165, 1.54) is 25.7 Å². The Morgan fingerprint density at radius 1 is 1.36 bits per heavy atom. The van der Waals surface area contributed by atoms with Crippen LogP contribution in [0.5, 0.6) is 0 Å². The number of aliphatic imine (C=N–C) groups is 1. The van der Waals surface area contributed by atoms with E-state index in [1.807, 2.05) is 26.0 Å². The first-order chi connectivity index (χ1) is 10.1. The van der Waals surface area contributed by atoms with E-state index < -0.39 is 0 Å². The number of hydrogen-bond donors (Lipinski definition) is 2. The third kappa shape index (κ3) is 5.91. The van der Waals surface area contributed by atoms with Gasteiger partial charge in [-0.2, -0.15) is 0 Å². The second kappa shape index (κ2) is 9.54. The Balaban J connectivity index is 0.00000242. The molecule has 2 rings (SSSR count). The fraction of sp³-hybridized carbons (Fsp3) is 0.733. The predicted molar refractivity (Wildman–Crippen MR) is 107 cm³/mol. The van der Waals surface area contributed by atoms with Crippen molar-refractivity contribution in [1.82, 2.24) is 15.6 Å². The van der Waals surface area contributed by atoms with E-state index in [0.717, 1.165) is 22.7 Å². The molecule has 0 amide bonds. The zero-order chi connectivity index (χ0) is 15.2. The SMILES string of the molecule is CN=C(NCc1csc(N(C)C)n1)NC1CCC(C)CC1.I. The number of nitrogens with one attached hydrogen (secondary N) is 2. The number of nitrogens with zero attached hydrogens (tertiary/aromatic N) is 3. The zero-order valence-corrected chi connectivity index (χ0v) is 17.1. The first kappa shape index (κ1) is 19.5. The van der Waals surface area contributed by atoms with E-state index in [2.05, 4.69) is 32.9 Å². The van der Waals surface area contributed by atoms with Crippen molar-refractivity contribution < 1.29 is 0 Å². The summed E-state index contributed by atoms with van der Waals surface area (Å²) < 4.78 is 0. The van der Waals surface area contributed by atoms with Crippen LogP contribution in [0.25, 0.3) is 0 Å². The molecule has 0 saturated heterocycles. The van der Waals surface area contributed by atoms with Gasteiger partial charge in [-0.05, 0) is 31.6 Å². The van der Waals surface area contributed by atoms with Crippen LogP contribution in [-0.2, 0) is 6.54 Å². The first-order valence-electron chi connectivity index (χ1n) is 7.67. The Bertz CT molecular complexity index is 466. The van der Waals surface area contributed by atoms with E-state index in [9.17, 15) is 0 Å². The molecule has 0 unspecified atom stereocenters. The van der Waals surface area contributed by atoms with E-state index in [0.29, 0.717) is 12.6 Å². The number of hydrogen-bond acceptors (Lipinski definition) is 4. The van der Waals surface area contributed by atoms with Crippen LogP contribution in [0.1, 0.15) is 38.3 Å². The highest BCUT2D eigenvalue weighted by atomic mass is 127. The fourth-order valence-electron chi connectivity index (χ4n) is 2.55. The molecular formula is C15H28IN5S. The molecule has 126 valence electrons. The predicted octanol–water partition coefficient (Wildman–Crippen LogP) is 3.07. The van der Waals surface area contributed by atoms with Crippen LogP contribution in [0.3, 0.4) is 0 Å². The van der Waals surface area contributed by atoms with Crippen molar-refractivity contribution in [3.8, 4) is 0 Å². The van der Waals surface area contributed by atoms with Crippen molar-refractivity contribution in [1.29, 1.82) is 0 Å². The standard InChI is InChI=1S/C15H27N5S.HI/c1-11-5-7-12(8-6-11)18-14(16-2)17-9-13-10-21-15(19-13)20(3)4;/h10-12H,5-9H2,1-4H3,(H2,16,17,18);1H. The van der Waals surface area contributed by atoms with Crippen molar-refractivity contribution in [2.24, 2.45) is 10.9 Å². The van der Waals surface area contributed by atoms with Gasteiger partial charge in [-0.15, -0.1) is 35.3 Å². The Hall–Kier alpha value is -0.570. The Labute approximate surface area is 155 Å². The quantitative estimate of drug-likeness (QED) is 0.432. The number of anilines is 1. The summed E-state index contributed by atoms with van der Waals surface area (Å²) in [4.78, 5) is 10.9. The Morgan fingerprint density at radius 3 is 2.59 bits per heavy atom. The lowest BCUT2D eigenvalue weighted by atomic mass is 9.87. The van der Waals surface area contributed by atoms with Crippen LogP contribution in [0.15, 0.2) is 10.4 Å². The molecule has 1 saturated carbocycles. The molecule has 5 nitrogen and oxygen atoms in total. The van der Waals surface area contributed by atoms with Gasteiger partial charge in [-0.3, -0.25) is 4.99 Å². The molecule has 22 heavy (non-hydrogen) atoms. The largest absolute Gasteiger partial charge is 0.354 e. The van der Waals surface area contributed by atoms with Gasteiger partial charge in [0, 0.05) is 32.6 Å². The summed E-state index contributed by atoms with van der Waals surface area (Å²) in [5.74, 6) is 1.76. The number of halogens is 1. The minimum atomic E-state index is 0. The molecule has 1 aromatic heterocycles. The lowest BCUT2D eigenvalue weighted by Crippen LogP contribution is -2.44. The van der Waals surface area contributed by atoms with Gasteiger partial charge in [0.15, 0.2) is 11.1 Å². The average Bonchev–Trinajstić information content (AvgIpc) is 2.94. The van der Waals surface area contributed by atoms with Crippen LogP contribution < -0.4 is 15.5 Å². The summed E-state index contributed by atoms with van der Waals surface area (Å²) in [5.41, 5.74) is 1.06. The molecule has 0 aliphatic heterocycles. The summed E-state index contributed by atoms with van der Waals surface area (Å²) in [6, 6.07) is 0.556. The normalized spacial score (nSPS) is 21.9. The molecule has 0 aromatic carbocycles. The highest BCUT2D eigenvalue weighted by Crippen LogP contribution is 2.23. The van der Waals surface area contributed by atoms with E-state index in [1.54, 1.807) is 11.3 Å². The van der Waals surface area contributed by atoms with Gasteiger partial charge in [0.05, 0.1) is 12.2 Å². The van der Waals surface area contributed by atoms with E-state index in [4.69, 9.17) is 0 Å². The summed E-state index contributed by atoms with van der Waals surface area (Å²) in [6.45, 7) is 3.06. The zero-order valence-electron chi connectivity index (χ0n) is 13.9. The second-order valence-corrected chi connectivity index (χ2v) is 6.88. The summed E-state index contributed by atoms with van der Waals surface area (Å²) in [6.07, 6.45) is 5.10. The highest BCUT2D eigenvalue weighted by Gasteiger charge is 2.18. The molecule has 1 aromatic rings. The van der Waals surface area contributed by atoms with Gasteiger partial charge in [0.2, 0.25) is 0 Å². The van der Waals surface area contributed by atoms with Crippen LogP contribution in [0.2, 0.25) is 0 Å². The van der Waals surface area contributed by atoms with Crippen LogP contribution in [0.4, 0.5) is 5.13 Å². The molecule has 2 N–H and O–H groups in total. The van der Waals surface area contributed by atoms with Crippen molar-refractivity contribution in [2.75, 3.05) is 26.0 Å². The molecule has 0 radical (unpaired) electrons. The Kier molecular flexibility index (Phi) is 8.45. The molecule has 0 bridgehead atoms. The molecule has 1 fully saturated rings. The summed E-state index contributed by atoms with van der Waals surface area (Å²) in [5, 5.41) is 10.0.